The van der Waals surface area contributed by atoms with Gasteiger partial charge in [-0.05, 0) is 57.4 Å². The first-order chi connectivity index (χ1) is 15.9. The van der Waals surface area contributed by atoms with Crippen molar-refractivity contribution in [1.29, 1.82) is 0 Å². The van der Waals surface area contributed by atoms with E-state index >= 15 is 0 Å². The molecule has 0 aromatic heterocycles. The standard InChI is InChI=1S/C26H31N3O5/c1-22(2)10-8-14-16(34-22)7-6-15-18(14)29(33)19-23(3,4)17-12-24-9-5-11-28(24)21(31)25(17,27-20(24)30)13-26(15,19)32/h6-8,10,17,19,29,32H,5,9,11-13H2,1-4H3,(H,27,30)/t17-,19?,24+,25-,26-/m0/s1. The summed E-state index contributed by atoms with van der Waals surface area (Å²) in [4.78, 5) is 29.1. The summed E-state index contributed by atoms with van der Waals surface area (Å²) in [5, 5.41) is 29.5. The number of hydrogen-bond acceptors (Lipinski definition) is 5. The molecule has 2 bridgehead atoms. The van der Waals surface area contributed by atoms with Crippen LogP contribution >= 0.6 is 0 Å². The molecule has 2 amide bonds. The number of hydrogen-bond donors (Lipinski definition) is 3. The lowest BCUT2D eigenvalue weighted by Crippen LogP contribution is -3.10. The number of nitrogens with one attached hydrogen (secondary N) is 2. The molecule has 7 aliphatic rings. The molecule has 6 heterocycles. The van der Waals surface area contributed by atoms with Crippen molar-refractivity contribution < 1.29 is 24.5 Å². The van der Waals surface area contributed by atoms with Gasteiger partial charge in [-0.25, -0.2) is 0 Å². The topological polar surface area (TPSA) is 106 Å². The Morgan fingerprint density at radius 3 is 2.76 bits per heavy atom. The van der Waals surface area contributed by atoms with Crippen LogP contribution in [-0.2, 0) is 15.2 Å². The number of hydroxylamine groups is 1. The van der Waals surface area contributed by atoms with E-state index in [9.17, 15) is 19.9 Å². The molecule has 8 nitrogen and oxygen atoms in total. The number of piperidine rings is 2. The second kappa shape index (κ2) is 5.69. The minimum absolute atomic E-state index is 0.0174. The molecule has 8 heteroatoms. The van der Waals surface area contributed by atoms with Crippen LogP contribution in [0.5, 0.6) is 5.75 Å². The summed E-state index contributed by atoms with van der Waals surface area (Å²) in [6.07, 6.45) is 5.86. The summed E-state index contributed by atoms with van der Waals surface area (Å²) in [7, 11) is 0. The molecule has 2 unspecified atom stereocenters. The Balaban J connectivity index is 1.43. The zero-order valence-electron chi connectivity index (χ0n) is 20.0. The molecule has 1 aromatic carbocycles. The van der Waals surface area contributed by atoms with Gasteiger partial charge in [0.1, 0.15) is 34.2 Å². The first-order valence-electron chi connectivity index (χ1n) is 12.3. The molecule has 3 N–H and O–H groups in total. The van der Waals surface area contributed by atoms with Crippen LogP contribution in [0, 0.1) is 16.5 Å². The highest BCUT2D eigenvalue weighted by molar-refractivity contribution is 6.05. The quantitative estimate of drug-likeness (QED) is 0.498. The third kappa shape index (κ3) is 2.05. The fourth-order valence-corrected chi connectivity index (χ4v) is 8.59. The van der Waals surface area contributed by atoms with Crippen molar-refractivity contribution in [2.45, 2.75) is 81.7 Å². The Kier molecular flexibility index (Phi) is 3.50. The maximum Gasteiger partial charge on any atom is 0.249 e. The molecule has 6 aliphatic heterocycles. The SMILES string of the molecule is CC1(C)C=Cc2c(ccc3c2[NH+]([O-])C2C(C)(C)[C@@H]4C[C@@]56CCCN5C(=O)[C@@]4(C[C@]32O)NC6=O)O1. The summed E-state index contributed by atoms with van der Waals surface area (Å²) in [6.45, 7) is 8.48. The van der Waals surface area contributed by atoms with E-state index in [4.69, 9.17) is 4.74 Å². The minimum atomic E-state index is -1.55. The van der Waals surface area contributed by atoms with Gasteiger partial charge in [0, 0.05) is 24.3 Å². The number of fused-ring (bicyclic) bond motifs is 6. The average Bonchev–Trinajstić information content (AvgIpc) is 3.27. The molecule has 0 radical (unpaired) electrons. The van der Waals surface area contributed by atoms with Crippen molar-refractivity contribution in [2.75, 3.05) is 6.54 Å². The van der Waals surface area contributed by atoms with Crippen molar-refractivity contribution in [3.63, 3.8) is 0 Å². The lowest BCUT2D eigenvalue weighted by Gasteiger charge is -2.67. The number of benzene rings is 1. The Labute approximate surface area is 198 Å². The highest BCUT2D eigenvalue weighted by Gasteiger charge is 2.79. The molecule has 180 valence electrons. The fraction of sp³-hybridized carbons (Fsp3) is 0.615. The van der Waals surface area contributed by atoms with E-state index in [2.05, 4.69) is 5.32 Å². The maximum atomic E-state index is 14.1. The lowest BCUT2D eigenvalue weighted by molar-refractivity contribution is -0.822. The number of quaternary nitrogens is 1. The van der Waals surface area contributed by atoms with Crippen LogP contribution in [-0.4, -0.2) is 51.1 Å². The predicted octanol–water partition coefficient (Wildman–Crippen LogP) is 1.13. The van der Waals surface area contributed by atoms with Crippen molar-refractivity contribution in [1.82, 2.24) is 10.2 Å². The Morgan fingerprint density at radius 2 is 2.00 bits per heavy atom. The Morgan fingerprint density at radius 1 is 1.24 bits per heavy atom. The zero-order valence-corrected chi connectivity index (χ0v) is 20.0. The van der Waals surface area contributed by atoms with E-state index in [1.165, 1.54) is 0 Å². The molecule has 2 spiro atoms. The van der Waals surface area contributed by atoms with Gasteiger partial charge in [0.05, 0.1) is 11.1 Å². The molecule has 34 heavy (non-hydrogen) atoms. The largest absolute Gasteiger partial charge is 0.629 e. The van der Waals surface area contributed by atoms with Crippen LogP contribution in [0.25, 0.3) is 6.08 Å². The smallest absolute Gasteiger partial charge is 0.249 e. The number of piperazine rings is 1. The summed E-state index contributed by atoms with van der Waals surface area (Å²) < 4.78 is 6.12. The lowest BCUT2D eigenvalue weighted by atomic mass is 9.46. The predicted molar refractivity (Wildman–Crippen MR) is 123 cm³/mol. The van der Waals surface area contributed by atoms with E-state index in [0.29, 0.717) is 42.0 Å². The summed E-state index contributed by atoms with van der Waals surface area (Å²) >= 11 is 0. The monoisotopic (exact) mass is 465 g/mol. The second-order valence-corrected chi connectivity index (χ2v) is 12.4. The van der Waals surface area contributed by atoms with E-state index in [0.717, 1.165) is 6.42 Å². The first kappa shape index (κ1) is 20.9. The van der Waals surface area contributed by atoms with Crippen LogP contribution in [0.3, 0.4) is 0 Å². The Hall–Kier alpha value is -2.42. The summed E-state index contributed by atoms with van der Waals surface area (Å²) in [6, 6.07) is 2.90. The van der Waals surface area contributed by atoms with E-state index < -0.39 is 33.7 Å². The van der Waals surface area contributed by atoms with Crippen molar-refractivity contribution in [3.05, 3.63) is 34.5 Å². The number of amides is 2. The van der Waals surface area contributed by atoms with Gasteiger partial charge in [-0.3, -0.25) is 9.59 Å². The van der Waals surface area contributed by atoms with E-state index in [1.807, 2.05) is 45.9 Å². The highest BCUT2D eigenvalue weighted by atomic mass is 16.5. The molecule has 1 aliphatic carbocycles. The molecule has 5 fully saturated rings. The van der Waals surface area contributed by atoms with Crippen LogP contribution in [0.4, 0.5) is 5.69 Å². The molecular formula is C26H31N3O5. The van der Waals surface area contributed by atoms with Crippen molar-refractivity contribution in [2.24, 2.45) is 11.3 Å². The van der Waals surface area contributed by atoms with Crippen LogP contribution in [0.15, 0.2) is 18.2 Å². The zero-order chi connectivity index (χ0) is 24.1. The van der Waals surface area contributed by atoms with Gasteiger partial charge in [0.2, 0.25) is 11.8 Å². The molecule has 8 rings (SSSR count). The van der Waals surface area contributed by atoms with Gasteiger partial charge in [-0.1, -0.05) is 13.8 Å². The molecule has 6 atom stereocenters. The first-order valence-corrected chi connectivity index (χ1v) is 12.3. The fourth-order valence-electron chi connectivity index (χ4n) is 8.59. The molecule has 4 saturated heterocycles. The molecule has 1 aromatic rings. The van der Waals surface area contributed by atoms with Gasteiger partial charge in [0.25, 0.3) is 0 Å². The maximum absolute atomic E-state index is 14.1. The molecular weight excluding hydrogens is 434 g/mol. The number of ether oxygens (including phenoxy) is 1. The number of aliphatic hydroxyl groups is 1. The van der Waals surface area contributed by atoms with Crippen LogP contribution in [0.2, 0.25) is 0 Å². The third-order valence-corrected chi connectivity index (χ3v) is 9.88. The summed E-state index contributed by atoms with van der Waals surface area (Å²) in [5.41, 5.74) is -3.04. The van der Waals surface area contributed by atoms with Crippen LogP contribution in [0.1, 0.15) is 64.5 Å². The highest BCUT2D eigenvalue weighted by Crippen LogP contribution is 2.64. The number of carbonyl (C=O) groups is 2. The Bertz CT molecular complexity index is 1220. The van der Waals surface area contributed by atoms with Gasteiger partial charge in [-0.15, -0.1) is 0 Å². The minimum Gasteiger partial charge on any atom is -0.629 e. The van der Waals surface area contributed by atoms with Crippen LogP contribution < -0.4 is 15.1 Å². The van der Waals surface area contributed by atoms with Gasteiger partial charge >= 0.3 is 0 Å². The van der Waals surface area contributed by atoms with E-state index in [-0.39, 0.29) is 29.2 Å². The summed E-state index contributed by atoms with van der Waals surface area (Å²) in [5.74, 6) is 0.196. The molecule has 1 saturated carbocycles. The average molecular weight is 466 g/mol. The van der Waals surface area contributed by atoms with Gasteiger partial charge in [0.15, 0.2) is 5.60 Å². The number of nitrogens with zero attached hydrogens (tertiary/aromatic N) is 1. The number of carbonyl (C=O) groups excluding carboxylic acids is 2. The van der Waals surface area contributed by atoms with Crippen molar-refractivity contribution >= 4 is 23.6 Å². The van der Waals surface area contributed by atoms with Gasteiger partial charge in [-0.2, -0.15) is 0 Å². The van der Waals surface area contributed by atoms with E-state index in [1.54, 1.807) is 11.0 Å². The third-order valence-electron chi connectivity index (χ3n) is 9.88. The second-order valence-electron chi connectivity index (χ2n) is 12.4. The van der Waals surface area contributed by atoms with Crippen molar-refractivity contribution in [3.8, 4) is 5.75 Å². The normalized spacial score (nSPS) is 43.9. The van der Waals surface area contributed by atoms with Gasteiger partial charge < -0.3 is 30.3 Å². The number of rotatable bonds is 0.